The van der Waals surface area contributed by atoms with E-state index < -0.39 is 5.97 Å². The number of hydrogen-bond donors (Lipinski definition) is 1. The van der Waals surface area contributed by atoms with Crippen LogP contribution in [0.15, 0.2) is 42.5 Å². The van der Waals surface area contributed by atoms with E-state index in [1.165, 1.54) is 17.2 Å². The minimum Gasteiger partial charge on any atom is -0.478 e. The topological polar surface area (TPSA) is 40.5 Å². The SMILES string of the molecule is Cc1cccc(CN(C)Cc2ccc(C(=O)O)cc2Cl)c1. The molecule has 0 heterocycles. The highest BCUT2D eigenvalue weighted by Gasteiger charge is 2.09. The standard InChI is InChI=1S/C17H18ClNO2/c1-12-4-3-5-13(8-12)10-19(2)11-15-7-6-14(17(20)21)9-16(15)18/h3-9H,10-11H2,1-2H3,(H,20,21). The number of rotatable bonds is 5. The number of carbonyl (C=O) groups is 1. The summed E-state index contributed by atoms with van der Waals surface area (Å²) in [5, 5.41) is 9.43. The molecule has 1 N–H and O–H groups in total. The van der Waals surface area contributed by atoms with Gasteiger partial charge in [-0.1, -0.05) is 47.5 Å². The maximum Gasteiger partial charge on any atom is 0.335 e. The molecule has 0 saturated carbocycles. The third-order valence-corrected chi connectivity index (χ3v) is 3.63. The van der Waals surface area contributed by atoms with Crippen molar-refractivity contribution in [2.24, 2.45) is 0 Å². The molecule has 2 aromatic rings. The lowest BCUT2D eigenvalue weighted by molar-refractivity contribution is 0.0697. The number of carboxylic acid groups (broad SMARTS) is 1. The maximum absolute atomic E-state index is 10.9. The summed E-state index contributed by atoms with van der Waals surface area (Å²) < 4.78 is 0. The van der Waals surface area contributed by atoms with Crippen molar-refractivity contribution in [2.45, 2.75) is 20.0 Å². The number of hydrogen-bond acceptors (Lipinski definition) is 2. The lowest BCUT2D eigenvalue weighted by Crippen LogP contribution is -2.17. The molecule has 21 heavy (non-hydrogen) atoms. The number of carboxylic acids is 1. The zero-order valence-electron chi connectivity index (χ0n) is 12.1. The molecule has 0 fully saturated rings. The molecule has 0 aliphatic rings. The average Bonchev–Trinajstić information content (AvgIpc) is 2.40. The van der Waals surface area contributed by atoms with E-state index in [1.807, 2.05) is 13.1 Å². The highest BCUT2D eigenvalue weighted by molar-refractivity contribution is 6.31. The lowest BCUT2D eigenvalue weighted by Gasteiger charge is -2.18. The molecule has 0 saturated heterocycles. The molecule has 3 nitrogen and oxygen atoms in total. The molecule has 0 bridgehead atoms. The van der Waals surface area contributed by atoms with Gasteiger partial charge in [0, 0.05) is 18.1 Å². The van der Waals surface area contributed by atoms with Gasteiger partial charge < -0.3 is 5.11 Å². The summed E-state index contributed by atoms with van der Waals surface area (Å²) in [5.41, 5.74) is 3.63. The Morgan fingerprint density at radius 1 is 1.19 bits per heavy atom. The number of aryl methyl sites for hydroxylation is 1. The Labute approximate surface area is 129 Å². The van der Waals surface area contributed by atoms with Gasteiger partial charge in [-0.05, 0) is 37.2 Å². The predicted octanol–water partition coefficient (Wildman–Crippen LogP) is 3.98. The van der Waals surface area contributed by atoms with E-state index in [0.717, 1.165) is 12.1 Å². The van der Waals surface area contributed by atoms with Crippen LogP contribution in [-0.4, -0.2) is 23.0 Å². The third-order valence-electron chi connectivity index (χ3n) is 3.28. The average molecular weight is 304 g/mol. The number of nitrogens with zero attached hydrogens (tertiary/aromatic N) is 1. The van der Waals surface area contributed by atoms with Gasteiger partial charge in [-0.15, -0.1) is 0 Å². The Kier molecular flexibility index (Phi) is 4.99. The van der Waals surface area contributed by atoms with Crippen LogP contribution in [0, 0.1) is 6.92 Å². The van der Waals surface area contributed by atoms with Crippen LogP contribution in [0.4, 0.5) is 0 Å². The Hall–Kier alpha value is -1.84. The van der Waals surface area contributed by atoms with Crippen molar-refractivity contribution in [3.8, 4) is 0 Å². The van der Waals surface area contributed by atoms with Crippen LogP contribution in [0.2, 0.25) is 5.02 Å². The number of halogens is 1. The van der Waals surface area contributed by atoms with Crippen molar-refractivity contribution in [2.75, 3.05) is 7.05 Å². The van der Waals surface area contributed by atoms with E-state index in [2.05, 4.69) is 30.0 Å². The minimum absolute atomic E-state index is 0.213. The van der Waals surface area contributed by atoms with Crippen LogP contribution >= 0.6 is 11.6 Å². The van der Waals surface area contributed by atoms with Crippen LogP contribution in [0.1, 0.15) is 27.0 Å². The second kappa shape index (κ2) is 6.74. The number of aromatic carboxylic acids is 1. The molecular formula is C17H18ClNO2. The highest BCUT2D eigenvalue weighted by atomic mass is 35.5. The molecule has 0 spiro atoms. The van der Waals surface area contributed by atoms with Crippen LogP contribution < -0.4 is 0 Å². The fourth-order valence-corrected chi connectivity index (χ4v) is 2.52. The molecule has 0 aliphatic carbocycles. The van der Waals surface area contributed by atoms with E-state index in [1.54, 1.807) is 12.1 Å². The van der Waals surface area contributed by atoms with Gasteiger partial charge in [-0.25, -0.2) is 4.79 Å². The van der Waals surface area contributed by atoms with Crippen molar-refractivity contribution in [3.05, 3.63) is 69.7 Å². The highest BCUT2D eigenvalue weighted by Crippen LogP contribution is 2.20. The summed E-state index contributed by atoms with van der Waals surface area (Å²) in [7, 11) is 2.02. The molecule has 0 radical (unpaired) electrons. The van der Waals surface area contributed by atoms with E-state index in [9.17, 15) is 4.79 Å². The smallest absolute Gasteiger partial charge is 0.335 e. The van der Waals surface area contributed by atoms with Gasteiger partial charge in [-0.2, -0.15) is 0 Å². The quantitative estimate of drug-likeness (QED) is 0.908. The molecule has 0 unspecified atom stereocenters. The van der Waals surface area contributed by atoms with Crippen LogP contribution in [-0.2, 0) is 13.1 Å². The molecular weight excluding hydrogens is 286 g/mol. The fourth-order valence-electron chi connectivity index (χ4n) is 2.28. The number of benzene rings is 2. The summed E-state index contributed by atoms with van der Waals surface area (Å²) in [6, 6.07) is 13.2. The summed E-state index contributed by atoms with van der Waals surface area (Å²) in [4.78, 5) is 13.0. The van der Waals surface area contributed by atoms with Gasteiger partial charge in [0.2, 0.25) is 0 Å². The van der Waals surface area contributed by atoms with Gasteiger partial charge in [0.1, 0.15) is 0 Å². The normalized spacial score (nSPS) is 10.9. The summed E-state index contributed by atoms with van der Waals surface area (Å²) in [6.45, 7) is 3.57. The predicted molar refractivity (Wildman–Crippen MR) is 84.8 cm³/mol. The van der Waals surface area contributed by atoms with Crippen LogP contribution in [0.3, 0.4) is 0 Å². The van der Waals surface area contributed by atoms with Crippen molar-refractivity contribution in [1.82, 2.24) is 4.90 Å². The second-order valence-electron chi connectivity index (χ2n) is 5.27. The molecule has 2 aromatic carbocycles. The molecule has 110 valence electrons. The lowest BCUT2D eigenvalue weighted by atomic mass is 10.1. The molecule has 0 aromatic heterocycles. The van der Waals surface area contributed by atoms with E-state index in [4.69, 9.17) is 16.7 Å². The van der Waals surface area contributed by atoms with Crippen molar-refractivity contribution < 1.29 is 9.90 Å². The Morgan fingerprint density at radius 3 is 2.57 bits per heavy atom. The van der Waals surface area contributed by atoms with E-state index in [0.29, 0.717) is 11.6 Å². The van der Waals surface area contributed by atoms with Gasteiger partial charge in [0.05, 0.1) is 5.56 Å². The van der Waals surface area contributed by atoms with Gasteiger partial charge in [0.25, 0.3) is 0 Å². The zero-order valence-corrected chi connectivity index (χ0v) is 12.9. The Balaban J connectivity index is 2.06. The first kappa shape index (κ1) is 15.5. The Morgan fingerprint density at radius 2 is 1.95 bits per heavy atom. The van der Waals surface area contributed by atoms with Crippen molar-refractivity contribution in [3.63, 3.8) is 0 Å². The van der Waals surface area contributed by atoms with Gasteiger partial charge in [0.15, 0.2) is 0 Å². The second-order valence-corrected chi connectivity index (χ2v) is 5.68. The summed E-state index contributed by atoms with van der Waals surface area (Å²) in [5.74, 6) is -0.962. The fraction of sp³-hybridized carbons (Fsp3) is 0.235. The van der Waals surface area contributed by atoms with Crippen LogP contribution in [0.25, 0.3) is 0 Å². The summed E-state index contributed by atoms with van der Waals surface area (Å²) in [6.07, 6.45) is 0. The minimum atomic E-state index is -0.962. The molecule has 0 atom stereocenters. The zero-order chi connectivity index (χ0) is 15.4. The molecule has 0 amide bonds. The molecule has 0 aliphatic heterocycles. The first-order valence-electron chi connectivity index (χ1n) is 6.71. The summed E-state index contributed by atoms with van der Waals surface area (Å²) >= 11 is 6.16. The monoisotopic (exact) mass is 303 g/mol. The third kappa shape index (κ3) is 4.31. The van der Waals surface area contributed by atoms with Crippen molar-refractivity contribution >= 4 is 17.6 Å². The van der Waals surface area contributed by atoms with Gasteiger partial charge >= 0.3 is 5.97 Å². The van der Waals surface area contributed by atoms with E-state index in [-0.39, 0.29) is 5.56 Å². The molecule has 4 heteroatoms. The van der Waals surface area contributed by atoms with E-state index >= 15 is 0 Å². The maximum atomic E-state index is 10.9. The van der Waals surface area contributed by atoms with Crippen molar-refractivity contribution in [1.29, 1.82) is 0 Å². The Bertz CT molecular complexity index is 655. The van der Waals surface area contributed by atoms with Crippen LogP contribution in [0.5, 0.6) is 0 Å². The first-order chi connectivity index (χ1) is 9.95. The molecule has 2 rings (SSSR count). The first-order valence-corrected chi connectivity index (χ1v) is 7.09. The van der Waals surface area contributed by atoms with Gasteiger partial charge in [-0.3, -0.25) is 4.90 Å². The largest absolute Gasteiger partial charge is 0.478 e.